The lowest BCUT2D eigenvalue weighted by molar-refractivity contribution is 0.0956. The molecule has 0 atom stereocenters. The van der Waals surface area contributed by atoms with Gasteiger partial charge in [0.05, 0.1) is 23.9 Å². The van der Waals surface area contributed by atoms with Gasteiger partial charge in [-0.3, -0.25) is 4.79 Å². The number of benzene rings is 2. The van der Waals surface area contributed by atoms with Gasteiger partial charge in [0.1, 0.15) is 22.6 Å². The molecule has 0 spiro atoms. The first-order chi connectivity index (χ1) is 17.6. The quantitative estimate of drug-likeness (QED) is 0.269. The standard InChI is InChI=1S/C28H30N6O2/c1-2-36-21-14-12-20(13-15-21)18-31-34-26(29)24(28(35)30-17-16-19-8-4-3-5-9-19)25-27(34)33-23-11-7-6-10-22(23)32-25/h6-8,10-15,18H,2-5,9,16-17,29H2,1H3,(H,30,35)/b31-18+. The predicted molar refractivity (Wildman–Crippen MR) is 144 cm³/mol. The number of nitrogens with zero attached hydrogens (tertiary/aromatic N) is 4. The Morgan fingerprint density at radius 3 is 2.64 bits per heavy atom. The average Bonchev–Trinajstić information content (AvgIpc) is 3.17. The van der Waals surface area contributed by atoms with Crippen molar-refractivity contribution in [2.45, 2.75) is 39.0 Å². The number of hydrogen-bond acceptors (Lipinski definition) is 6. The minimum atomic E-state index is -0.270. The molecule has 0 aliphatic heterocycles. The zero-order valence-corrected chi connectivity index (χ0v) is 20.4. The number of nitrogens with two attached hydrogens (primary N) is 1. The second kappa shape index (κ2) is 10.6. The van der Waals surface area contributed by atoms with Crippen LogP contribution in [0.25, 0.3) is 22.2 Å². The van der Waals surface area contributed by atoms with Crippen molar-refractivity contribution in [1.29, 1.82) is 0 Å². The van der Waals surface area contributed by atoms with Crippen molar-refractivity contribution >= 4 is 40.1 Å². The van der Waals surface area contributed by atoms with Crippen LogP contribution in [0.4, 0.5) is 5.82 Å². The Bertz CT molecular complexity index is 1450. The van der Waals surface area contributed by atoms with Crippen molar-refractivity contribution in [2.24, 2.45) is 5.10 Å². The van der Waals surface area contributed by atoms with Gasteiger partial charge >= 0.3 is 0 Å². The van der Waals surface area contributed by atoms with Gasteiger partial charge in [0, 0.05) is 6.54 Å². The number of ether oxygens (including phenoxy) is 1. The van der Waals surface area contributed by atoms with Crippen LogP contribution in [-0.2, 0) is 0 Å². The van der Waals surface area contributed by atoms with Crippen molar-refractivity contribution in [2.75, 3.05) is 18.9 Å². The molecule has 0 radical (unpaired) electrons. The Kier molecular flexibility index (Phi) is 6.93. The number of hydrogen-bond donors (Lipinski definition) is 2. The Morgan fingerprint density at radius 1 is 1.14 bits per heavy atom. The Labute approximate surface area is 209 Å². The van der Waals surface area contributed by atoms with Gasteiger partial charge in [0.2, 0.25) is 0 Å². The fourth-order valence-corrected chi connectivity index (χ4v) is 4.49. The first kappa shape index (κ1) is 23.5. The van der Waals surface area contributed by atoms with Crippen LogP contribution in [0.15, 0.2) is 65.3 Å². The van der Waals surface area contributed by atoms with Gasteiger partial charge in [-0.25, -0.2) is 9.97 Å². The molecule has 2 aromatic carbocycles. The first-order valence-corrected chi connectivity index (χ1v) is 12.4. The number of nitrogen functional groups attached to an aromatic ring is 1. The highest BCUT2D eigenvalue weighted by Crippen LogP contribution is 2.28. The molecular weight excluding hydrogens is 452 g/mol. The van der Waals surface area contributed by atoms with Crippen LogP contribution < -0.4 is 15.8 Å². The fraction of sp³-hybridized carbons (Fsp3) is 0.286. The predicted octanol–water partition coefficient (Wildman–Crippen LogP) is 5.07. The van der Waals surface area contributed by atoms with Crippen LogP contribution >= 0.6 is 0 Å². The van der Waals surface area contributed by atoms with Gasteiger partial charge in [-0.1, -0.05) is 23.8 Å². The summed E-state index contributed by atoms with van der Waals surface area (Å²) in [6.07, 6.45) is 9.51. The molecule has 0 saturated carbocycles. The molecule has 36 heavy (non-hydrogen) atoms. The third kappa shape index (κ3) is 4.93. The van der Waals surface area contributed by atoms with E-state index in [1.54, 1.807) is 6.21 Å². The van der Waals surface area contributed by atoms with Crippen LogP contribution in [0, 0.1) is 0 Å². The van der Waals surface area contributed by atoms with E-state index in [4.69, 9.17) is 20.4 Å². The summed E-state index contributed by atoms with van der Waals surface area (Å²) < 4.78 is 7.00. The lowest BCUT2D eigenvalue weighted by atomic mass is 9.97. The highest BCUT2D eigenvalue weighted by molar-refractivity contribution is 6.10. The summed E-state index contributed by atoms with van der Waals surface area (Å²) in [6, 6.07) is 15.1. The molecule has 0 unspecified atom stereocenters. The number of fused-ring (bicyclic) bond motifs is 2. The molecule has 1 amide bonds. The average molecular weight is 483 g/mol. The van der Waals surface area contributed by atoms with E-state index in [0.29, 0.717) is 40.9 Å². The summed E-state index contributed by atoms with van der Waals surface area (Å²) in [5.74, 6) is 0.728. The van der Waals surface area contributed by atoms with Crippen LogP contribution in [0.5, 0.6) is 5.75 Å². The maximum Gasteiger partial charge on any atom is 0.257 e. The lowest BCUT2D eigenvalue weighted by Crippen LogP contribution is -2.25. The largest absolute Gasteiger partial charge is 0.494 e. The van der Waals surface area contributed by atoms with Crippen LogP contribution in [0.3, 0.4) is 0 Å². The SMILES string of the molecule is CCOc1ccc(/C=N/n2c(N)c(C(=O)NCCC3=CCCCC3)c3nc4ccccc4nc32)cc1. The van der Waals surface area contributed by atoms with E-state index in [1.807, 2.05) is 55.5 Å². The third-order valence-electron chi connectivity index (χ3n) is 6.33. The molecule has 4 aromatic rings. The third-order valence-corrected chi connectivity index (χ3v) is 6.33. The van der Waals surface area contributed by atoms with Crippen molar-refractivity contribution in [3.63, 3.8) is 0 Å². The van der Waals surface area contributed by atoms with E-state index in [0.717, 1.165) is 30.6 Å². The number of allylic oxidation sites excluding steroid dienone is 1. The molecular formula is C28H30N6O2. The normalized spacial score (nSPS) is 13.9. The highest BCUT2D eigenvalue weighted by atomic mass is 16.5. The number of rotatable bonds is 8. The molecule has 184 valence electrons. The summed E-state index contributed by atoms with van der Waals surface area (Å²) in [6.45, 7) is 3.10. The minimum absolute atomic E-state index is 0.205. The van der Waals surface area contributed by atoms with Crippen molar-refractivity contribution in [1.82, 2.24) is 20.0 Å². The second-order valence-electron chi connectivity index (χ2n) is 8.82. The highest BCUT2D eigenvalue weighted by Gasteiger charge is 2.24. The maximum atomic E-state index is 13.3. The number of para-hydroxylation sites is 2. The van der Waals surface area contributed by atoms with Crippen molar-refractivity contribution < 1.29 is 9.53 Å². The Morgan fingerprint density at radius 2 is 1.92 bits per heavy atom. The fourth-order valence-electron chi connectivity index (χ4n) is 4.49. The molecule has 1 aliphatic rings. The summed E-state index contributed by atoms with van der Waals surface area (Å²) in [7, 11) is 0. The van der Waals surface area contributed by atoms with E-state index >= 15 is 0 Å². The maximum absolute atomic E-state index is 13.3. The Hall–Kier alpha value is -4.20. The molecule has 8 heteroatoms. The minimum Gasteiger partial charge on any atom is -0.494 e. The zero-order chi connectivity index (χ0) is 24.9. The molecule has 2 aromatic heterocycles. The molecule has 0 fully saturated rings. The number of nitrogens with one attached hydrogen (secondary N) is 1. The molecule has 3 N–H and O–H groups in total. The van der Waals surface area contributed by atoms with Crippen LogP contribution in [-0.4, -0.2) is 39.9 Å². The van der Waals surface area contributed by atoms with Crippen LogP contribution in [0.1, 0.15) is 54.9 Å². The van der Waals surface area contributed by atoms with E-state index < -0.39 is 0 Å². The van der Waals surface area contributed by atoms with Gasteiger partial charge in [-0.05, 0) is 81.0 Å². The summed E-state index contributed by atoms with van der Waals surface area (Å²) in [4.78, 5) is 22.8. The summed E-state index contributed by atoms with van der Waals surface area (Å²) >= 11 is 0. The molecule has 5 rings (SSSR count). The number of anilines is 1. The number of aromatic nitrogens is 3. The molecule has 2 heterocycles. The van der Waals surface area contributed by atoms with Gasteiger partial charge < -0.3 is 15.8 Å². The molecule has 0 bridgehead atoms. The number of carbonyl (C=O) groups is 1. The second-order valence-corrected chi connectivity index (χ2v) is 8.82. The Balaban J connectivity index is 1.48. The monoisotopic (exact) mass is 482 g/mol. The van der Waals surface area contributed by atoms with E-state index in [1.165, 1.54) is 23.1 Å². The molecule has 0 saturated heterocycles. The van der Waals surface area contributed by atoms with E-state index in [2.05, 4.69) is 16.5 Å². The van der Waals surface area contributed by atoms with Gasteiger partial charge in [0.15, 0.2) is 5.65 Å². The van der Waals surface area contributed by atoms with Crippen molar-refractivity contribution in [3.8, 4) is 5.75 Å². The molecule has 8 nitrogen and oxygen atoms in total. The topological polar surface area (TPSA) is 107 Å². The van der Waals surface area contributed by atoms with Crippen LogP contribution in [0.2, 0.25) is 0 Å². The summed E-state index contributed by atoms with van der Waals surface area (Å²) in [5, 5.41) is 7.60. The molecule has 1 aliphatic carbocycles. The first-order valence-electron chi connectivity index (χ1n) is 12.4. The zero-order valence-electron chi connectivity index (χ0n) is 20.4. The number of carbonyl (C=O) groups excluding carboxylic acids is 1. The van der Waals surface area contributed by atoms with Gasteiger partial charge in [0.25, 0.3) is 5.91 Å². The van der Waals surface area contributed by atoms with E-state index in [9.17, 15) is 4.79 Å². The van der Waals surface area contributed by atoms with Crippen molar-refractivity contribution in [3.05, 3.63) is 71.3 Å². The summed E-state index contributed by atoms with van der Waals surface area (Å²) in [5.41, 5.74) is 11.3. The smallest absolute Gasteiger partial charge is 0.257 e. The van der Waals surface area contributed by atoms with Gasteiger partial charge in [-0.2, -0.15) is 9.78 Å². The number of amides is 1. The van der Waals surface area contributed by atoms with E-state index in [-0.39, 0.29) is 11.7 Å². The lowest BCUT2D eigenvalue weighted by Gasteiger charge is -2.12. The van der Waals surface area contributed by atoms with Gasteiger partial charge in [-0.15, -0.1) is 0 Å².